The van der Waals surface area contributed by atoms with Gasteiger partial charge in [-0.15, -0.1) is 11.3 Å². The minimum Gasteiger partial charge on any atom is -0.359 e. The first-order valence-electron chi connectivity index (χ1n) is 5.74. The summed E-state index contributed by atoms with van der Waals surface area (Å²) < 4.78 is 0. The van der Waals surface area contributed by atoms with Crippen molar-refractivity contribution in [1.82, 2.24) is 9.97 Å². The Kier molecular flexibility index (Phi) is 4.11. The van der Waals surface area contributed by atoms with Gasteiger partial charge in [0, 0.05) is 24.0 Å². The van der Waals surface area contributed by atoms with Crippen molar-refractivity contribution in [2.24, 2.45) is 5.84 Å². The zero-order valence-corrected chi connectivity index (χ0v) is 11.4. The van der Waals surface area contributed by atoms with Crippen molar-refractivity contribution in [3.8, 4) is 0 Å². The summed E-state index contributed by atoms with van der Waals surface area (Å²) in [6, 6.07) is 4.23. The van der Waals surface area contributed by atoms with Crippen molar-refractivity contribution < 1.29 is 0 Å². The molecule has 5 nitrogen and oxygen atoms in total. The monoisotopic (exact) mass is 263 g/mol. The Bertz CT molecular complexity index is 497. The number of rotatable bonds is 5. The molecule has 2 aromatic rings. The Labute approximate surface area is 111 Å². The number of nitrogen functional groups attached to an aromatic ring is 1. The summed E-state index contributed by atoms with van der Waals surface area (Å²) >= 11 is 1.78. The van der Waals surface area contributed by atoms with Crippen LogP contribution in [0.5, 0.6) is 0 Å². The Balaban J connectivity index is 2.06. The SMILES string of the molecule is Cc1c(NN)ncnc1N(C)CCc1cccs1. The van der Waals surface area contributed by atoms with E-state index in [2.05, 4.69) is 37.8 Å². The van der Waals surface area contributed by atoms with E-state index in [0.29, 0.717) is 5.82 Å². The van der Waals surface area contributed by atoms with Crippen LogP contribution in [0.15, 0.2) is 23.8 Å². The summed E-state index contributed by atoms with van der Waals surface area (Å²) in [7, 11) is 2.03. The van der Waals surface area contributed by atoms with E-state index >= 15 is 0 Å². The largest absolute Gasteiger partial charge is 0.359 e. The second kappa shape index (κ2) is 5.79. The van der Waals surface area contributed by atoms with Crippen LogP contribution >= 0.6 is 11.3 Å². The molecule has 2 aromatic heterocycles. The molecule has 0 saturated heterocycles. The number of likely N-dealkylation sites (N-methyl/N-ethyl adjacent to an activating group) is 1. The van der Waals surface area contributed by atoms with Gasteiger partial charge in [0.25, 0.3) is 0 Å². The highest BCUT2D eigenvalue weighted by molar-refractivity contribution is 7.09. The lowest BCUT2D eigenvalue weighted by Gasteiger charge is -2.20. The minimum atomic E-state index is 0.669. The Morgan fingerprint density at radius 3 is 2.94 bits per heavy atom. The third kappa shape index (κ3) is 2.77. The third-order valence-corrected chi connectivity index (χ3v) is 3.77. The Morgan fingerprint density at radius 1 is 1.44 bits per heavy atom. The second-order valence-electron chi connectivity index (χ2n) is 4.07. The number of nitrogens with two attached hydrogens (primary N) is 1. The maximum Gasteiger partial charge on any atom is 0.148 e. The molecule has 0 saturated carbocycles. The fourth-order valence-electron chi connectivity index (χ4n) is 1.81. The van der Waals surface area contributed by atoms with Crippen molar-refractivity contribution in [2.45, 2.75) is 13.3 Å². The zero-order chi connectivity index (χ0) is 13.0. The number of thiophene rings is 1. The number of hydrogen-bond acceptors (Lipinski definition) is 6. The maximum atomic E-state index is 5.41. The second-order valence-corrected chi connectivity index (χ2v) is 5.10. The quantitative estimate of drug-likeness (QED) is 0.636. The molecular formula is C12H17N5S. The van der Waals surface area contributed by atoms with Crippen LogP contribution in [0, 0.1) is 6.92 Å². The van der Waals surface area contributed by atoms with Crippen molar-refractivity contribution in [2.75, 3.05) is 23.9 Å². The molecule has 0 atom stereocenters. The van der Waals surface area contributed by atoms with Crippen molar-refractivity contribution >= 4 is 23.0 Å². The van der Waals surface area contributed by atoms with Crippen LogP contribution in [0.2, 0.25) is 0 Å². The average Bonchev–Trinajstić information content (AvgIpc) is 2.89. The zero-order valence-electron chi connectivity index (χ0n) is 10.6. The first-order chi connectivity index (χ1) is 8.72. The van der Waals surface area contributed by atoms with Gasteiger partial charge in [0.1, 0.15) is 18.0 Å². The van der Waals surface area contributed by atoms with E-state index in [1.165, 1.54) is 11.2 Å². The first-order valence-corrected chi connectivity index (χ1v) is 6.62. The summed E-state index contributed by atoms with van der Waals surface area (Å²) in [4.78, 5) is 11.9. The van der Waals surface area contributed by atoms with Gasteiger partial charge < -0.3 is 10.3 Å². The number of aromatic nitrogens is 2. The van der Waals surface area contributed by atoms with Crippen LogP contribution in [0.3, 0.4) is 0 Å². The molecule has 96 valence electrons. The van der Waals surface area contributed by atoms with Crippen LogP contribution in [-0.4, -0.2) is 23.6 Å². The molecule has 3 N–H and O–H groups in total. The Hall–Kier alpha value is -1.66. The minimum absolute atomic E-state index is 0.669. The first kappa shape index (κ1) is 12.8. The van der Waals surface area contributed by atoms with Gasteiger partial charge in [0.15, 0.2) is 0 Å². The summed E-state index contributed by atoms with van der Waals surface area (Å²) in [6.07, 6.45) is 2.54. The third-order valence-electron chi connectivity index (χ3n) is 2.83. The van der Waals surface area contributed by atoms with E-state index in [4.69, 9.17) is 5.84 Å². The fourth-order valence-corrected chi connectivity index (χ4v) is 2.51. The molecule has 0 aliphatic heterocycles. The summed E-state index contributed by atoms with van der Waals surface area (Å²) in [5, 5.41) is 2.10. The highest BCUT2D eigenvalue weighted by Gasteiger charge is 2.10. The maximum absolute atomic E-state index is 5.41. The molecule has 0 bridgehead atoms. The number of hydrogen-bond donors (Lipinski definition) is 2. The Morgan fingerprint density at radius 2 is 2.28 bits per heavy atom. The predicted molar refractivity (Wildman–Crippen MR) is 75.9 cm³/mol. The lowest BCUT2D eigenvalue weighted by molar-refractivity contribution is 0.858. The van der Waals surface area contributed by atoms with Crippen LogP contribution in [0.1, 0.15) is 10.4 Å². The molecule has 0 aliphatic rings. The van der Waals surface area contributed by atoms with Gasteiger partial charge in [-0.3, -0.25) is 0 Å². The number of anilines is 2. The van der Waals surface area contributed by atoms with Gasteiger partial charge in [-0.2, -0.15) is 0 Å². The molecular weight excluding hydrogens is 246 g/mol. The van der Waals surface area contributed by atoms with Crippen molar-refractivity contribution in [3.05, 3.63) is 34.3 Å². The smallest absolute Gasteiger partial charge is 0.148 e. The van der Waals surface area contributed by atoms with Gasteiger partial charge in [0.05, 0.1) is 0 Å². The van der Waals surface area contributed by atoms with E-state index in [1.54, 1.807) is 11.3 Å². The van der Waals surface area contributed by atoms with Crippen molar-refractivity contribution in [3.63, 3.8) is 0 Å². The number of nitrogens with zero attached hydrogens (tertiary/aromatic N) is 3. The summed E-state index contributed by atoms with van der Waals surface area (Å²) in [6.45, 7) is 2.88. The van der Waals surface area contributed by atoms with Crippen LogP contribution < -0.4 is 16.2 Å². The fraction of sp³-hybridized carbons (Fsp3) is 0.333. The molecule has 2 rings (SSSR count). The normalized spacial score (nSPS) is 10.4. The molecule has 0 aromatic carbocycles. The van der Waals surface area contributed by atoms with Gasteiger partial charge in [0.2, 0.25) is 0 Å². The molecule has 0 amide bonds. The highest BCUT2D eigenvalue weighted by Crippen LogP contribution is 2.21. The van der Waals surface area contributed by atoms with Crippen molar-refractivity contribution in [1.29, 1.82) is 0 Å². The molecule has 0 spiro atoms. The lowest BCUT2D eigenvalue weighted by atomic mass is 10.2. The summed E-state index contributed by atoms with van der Waals surface area (Å²) in [5.74, 6) is 6.99. The highest BCUT2D eigenvalue weighted by atomic mass is 32.1. The number of hydrazine groups is 1. The van der Waals surface area contributed by atoms with E-state index in [-0.39, 0.29) is 0 Å². The molecule has 18 heavy (non-hydrogen) atoms. The lowest BCUT2D eigenvalue weighted by Crippen LogP contribution is -2.23. The molecule has 2 heterocycles. The van der Waals surface area contributed by atoms with E-state index in [0.717, 1.165) is 24.3 Å². The molecule has 0 unspecified atom stereocenters. The molecule has 0 aliphatic carbocycles. The van der Waals surface area contributed by atoms with Crippen LogP contribution in [-0.2, 0) is 6.42 Å². The van der Waals surface area contributed by atoms with E-state index < -0.39 is 0 Å². The number of nitrogens with one attached hydrogen (secondary N) is 1. The topological polar surface area (TPSA) is 67.1 Å². The van der Waals surface area contributed by atoms with Gasteiger partial charge in [-0.25, -0.2) is 15.8 Å². The predicted octanol–water partition coefficient (Wildman–Crippen LogP) is 1.81. The van der Waals surface area contributed by atoms with Gasteiger partial charge in [-0.05, 0) is 24.8 Å². The average molecular weight is 263 g/mol. The van der Waals surface area contributed by atoms with E-state index in [1.807, 2.05) is 14.0 Å². The molecule has 6 heteroatoms. The van der Waals surface area contributed by atoms with Gasteiger partial charge in [-0.1, -0.05) is 6.07 Å². The molecule has 0 fully saturated rings. The van der Waals surface area contributed by atoms with Crippen LogP contribution in [0.25, 0.3) is 0 Å². The van der Waals surface area contributed by atoms with Gasteiger partial charge >= 0.3 is 0 Å². The standard InChI is InChI=1S/C12H17N5S/c1-9-11(16-13)14-8-15-12(9)17(2)6-5-10-4-3-7-18-10/h3-4,7-8H,5-6,13H2,1-2H3,(H,14,15,16). The molecule has 0 radical (unpaired) electrons. The summed E-state index contributed by atoms with van der Waals surface area (Å²) in [5.41, 5.74) is 3.55. The van der Waals surface area contributed by atoms with E-state index in [9.17, 15) is 0 Å². The van der Waals surface area contributed by atoms with Crippen LogP contribution in [0.4, 0.5) is 11.6 Å².